The van der Waals surface area contributed by atoms with E-state index in [-0.39, 0.29) is 0 Å². The molecule has 0 amide bonds. The molecule has 1 heterocycles. The number of anilines is 1. The fourth-order valence-corrected chi connectivity index (χ4v) is 4.59. The molecule has 0 bridgehead atoms. The minimum absolute atomic E-state index is 0.334. The quantitative estimate of drug-likeness (QED) is 0.299. The van der Waals surface area contributed by atoms with Crippen molar-refractivity contribution in [1.82, 2.24) is 0 Å². The number of nitrogens with zero attached hydrogens (tertiary/aromatic N) is 3. The zero-order chi connectivity index (χ0) is 26.8. The van der Waals surface area contributed by atoms with Gasteiger partial charge in [0.15, 0.2) is 11.4 Å². The number of methoxy groups -OCH3 is 1. The predicted molar refractivity (Wildman–Crippen MR) is 150 cm³/mol. The van der Waals surface area contributed by atoms with Crippen molar-refractivity contribution < 1.29 is 9.47 Å². The predicted octanol–water partition coefficient (Wildman–Crippen LogP) is 7.68. The Bertz CT molecular complexity index is 1250. The van der Waals surface area contributed by atoms with Crippen LogP contribution in [0.3, 0.4) is 0 Å². The van der Waals surface area contributed by atoms with Crippen LogP contribution in [0, 0.1) is 22.7 Å². The highest BCUT2D eigenvalue weighted by atomic mass is 16.5. The Morgan fingerprint density at radius 1 is 1.03 bits per heavy atom. The van der Waals surface area contributed by atoms with Gasteiger partial charge in [-0.2, -0.15) is 10.5 Å². The Morgan fingerprint density at radius 3 is 2.27 bits per heavy atom. The van der Waals surface area contributed by atoms with Gasteiger partial charge in [0.05, 0.1) is 18.8 Å². The Balaban J connectivity index is 2.06. The molecule has 5 nitrogen and oxygen atoms in total. The van der Waals surface area contributed by atoms with Crippen molar-refractivity contribution >= 4 is 11.8 Å². The summed E-state index contributed by atoms with van der Waals surface area (Å²) in [7, 11) is 1.68. The molecule has 2 aromatic carbocycles. The maximum Gasteiger partial charge on any atom is 0.158 e. The Hall–Kier alpha value is -3.96. The molecule has 0 aliphatic carbocycles. The molecule has 0 spiro atoms. The summed E-state index contributed by atoms with van der Waals surface area (Å²) >= 11 is 0. The van der Waals surface area contributed by atoms with Crippen LogP contribution in [0.2, 0.25) is 0 Å². The maximum absolute atomic E-state index is 10.1. The summed E-state index contributed by atoms with van der Waals surface area (Å²) in [5.41, 5.74) is 3.54. The van der Waals surface area contributed by atoms with Gasteiger partial charge in [-0.1, -0.05) is 69.2 Å². The van der Waals surface area contributed by atoms with E-state index in [0.717, 1.165) is 61.3 Å². The molecule has 0 saturated carbocycles. The third-order valence-corrected chi connectivity index (χ3v) is 6.84. The molecule has 192 valence electrons. The number of hydrogen-bond acceptors (Lipinski definition) is 5. The summed E-state index contributed by atoms with van der Waals surface area (Å²) in [6.45, 7) is 10.1. The van der Waals surface area contributed by atoms with E-state index in [2.05, 4.69) is 49.1 Å². The number of ether oxygens (including phenoxy) is 2. The highest BCUT2D eigenvalue weighted by molar-refractivity contribution is 5.68. The lowest BCUT2D eigenvalue weighted by Gasteiger charge is -2.27. The average Bonchev–Trinajstić information content (AvgIpc) is 3.24. The zero-order valence-corrected chi connectivity index (χ0v) is 22.7. The van der Waals surface area contributed by atoms with Crippen molar-refractivity contribution in [3.8, 4) is 17.9 Å². The van der Waals surface area contributed by atoms with Crippen LogP contribution in [-0.2, 0) is 10.3 Å². The number of rotatable bonds is 11. The monoisotopic (exact) mass is 495 g/mol. The van der Waals surface area contributed by atoms with E-state index in [9.17, 15) is 10.5 Å². The van der Waals surface area contributed by atoms with Crippen molar-refractivity contribution in [2.75, 3.05) is 25.1 Å². The molecule has 1 unspecified atom stereocenters. The van der Waals surface area contributed by atoms with Crippen LogP contribution < -0.4 is 9.64 Å². The van der Waals surface area contributed by atoms with E-state index in [1.54, 1.807) is 14.0 Å². The van der Waals surface area contributed by atoms with Crippen LogP contribution >= 0.6 is 0 Å². The Kier molecular flexibility index (Phi) is 9.58. The molecule has 1 atom stereocenters. The number of benzene rings is 2. The molecule has 0 saturated heterocycles. The second kappa shape index (κ2) is 12.8. The summed E-state index contributed by atoms with van der Waals surface area (Å²) in [6, 6.07) is 20.5. The summed E-state index contributed by atoms with van der Waals surface area (Å²) in [5.74, 6) is 1.11. The van der Waals surface area contributed by atoms with E-state index < -0.39 is 5.60 Å². The third-order valence-electron chi connectivity index (χ3n) is 6.84. The zero-order valence-electron chi connectivity index (χ0n) is 22.7. The lowest BCUT2D eigenvalue weighted by atomic mass is 9.86. The first-order valence-electron chi connectivity index (χ1n) is 13.0. The van der Waals surface area contributed by atoms with Crippen LogP contribution in [0.5, 0.6) is 5.75 Å². The van der Waals surface area contributed by atoms with E-state index >= 15 is 0 Å². The highest BCUT2D eigenvalue weighted by Gasteiger charge is 2.43. The van der Waals surface area contributed by atoms with E-state index in [1.165, 1.54) is 0 Å². The topological polar surface area (TPSA) is 69.3 Å². The van der Waals surface area contributed by atoms with Gasteiger partial charge in [0.1, 0.15) is 17.4 Å². The second-order valence-corrected chi connectivity index (χ2v) is 9.42. The maximum atomic E-state index is 10.1. The Morgan fingerprint density at radius 2 is 1.70 bits per heavy atom. The van der Waals surface area contributed by atoms with Crippen molar-refractivity contribution in [2.24, 2.45) is 0 Å². The molecule has 0 fully saturated rings. The molecule has 5 heteroatoms. The molecule has 0 radical (unpaired) electrons. The fraction of sp³-hybridized carbons (Fsp3) is 0.375. The number of nitriles is 2. The largest absolute Gasteiger partial charge is 0.496 e. The molecule has 37 heavy (non-hydrogen) atoms. The standard InChI is InChI=1S/C32H37N3O2/c1-6-8-19-35(20-9-7-2)27-17-15-25(30(21-27)36-5)16-18-29-28(23-34)31(24(3)22-33)37-32(29,4)26-13-11-10-12-14-26/h10-18,21H,6-9,19-20H2,1-5H3/b18-16+,31-24+. The summed E-state index contributed by atoms with van der Waals surface area (Å²) < 4.78 is 12.1. The highest BCUT2D eigenvalue weighted by Crippen LogP contribution is 2.47. The lowest BCUT2D eigenvalue weighted by Crippen LogP contribution is -2.25. The van der Waals surface area contributed by atoms with Crippen LogP contribution in [-0.4, -0.2) is 20.2 Å². The summed E-state index contributed by atoms with van der Waals surface area (Å²) in [5, 5.41) is 19.6. The second-order valence-electron chi connectivity index (χ2n) is 9.42. The molecule has 2 aromatic rings. The van der Waals surface area contributed by atoms with Crippen molar-refractivity contribution in [2.45, 2.75) is 59.0 Å². The molecule has 3 rings (SSSR count). The minimum Gasteiger partial charge on any atom is -0.496 e. The van der Waals surface area contributed by atoms with Crippen LogP contribution in [0.4, 0.5) is 5.69 Å². The molecular formula is C32H37N3O2. The first-order valence-corrected chi connectivity index (χ1v) is 13.0. The van der Waals surface area contributed by atoms with Gasteiger partial charge in [-0.05, 0) is 44.4 Å². The lowest BCUT2D eigenvalue weighted by molar-refractivity contribution is 0.0750. The molecule has 1 aliphatic heterocycles. The van der Waals surface area contributed by atoms with E-state index in [0.29, 0.717) is 22.5 Å². The van der Waals surface area contributed by atoms with Gasteiger partial charge in [-0.25, -0.2) is 0 Å². The van der Waals surface area contributed by atoms with Gasteiger partial charge in [0.25, 0.3) is 0 Å². The molecular weight excluding hydrogens is 458 g/mol. The Labute approximate surface area is 221 Å². The van der Waals surface area contributed by atoms with Crippen molar-refractivity contribution in [3.63, 3.8) is 0 Å². The average molecular weight is 496 g/mol. The van der Waals surface area contributed by atoms with Gasteiger partial charge >= 0.3 is 0 Å². The van der Waals surface area contributed by atoms with Gasteiger partial charge in [0.2, 0.25) is 0 Å². The summed E-state index contributed by atoms with van der Waals surface area (Å²) in [6.07, 6.45) is 8.49. The van der Waals surface area contributed by atoms with Crippen LogP contribution in [0.15, 0.2) is 77.1 Å². The smallest absolute Gasteiger partial charge is 0.158 e. The first kappa shape index (κ1) is 27.6. The summed E-state index contributed by atoms with van der Waals surface area (Å²) in [4.78, 5) is 2.43. The van der Waals surface area contributed by atoms with Gasteiger partial charge in [-0.3, -0.25) is 0 Å². The molecule has 0 N–H and O–H groups in total. The van der Waals surface area contributed by atoms with Gasteiger partial charge < -0.3 is 14.4 Å². The SMILES string of the molecule is CCCCN(CCCC)c1ccc(/C=C/C2=C(C#N)C(=C(/C)C#N)/OC2(C)c2ccccc2)c(OC)c1. The van der Waals surface area contributed by atoms with E-state index in [4.69, 9.17) is 9.47 Å². The molecule has 0 aromatic heterocycles. The number of unbranched alkanes of at least 4 members (excludes halogenated alkanes) is 2. The van der Waals surface area contributed by atoms with Crippen molar-refractivity contribution in [3.05, 3.63) is 88.2 Å². The third kappa shape index (κ3) is 6.07. The number of hydrogen-bond donors (Lipinski definition) is 0. The van der Waals surface area contributed by atoms with Crippen molar-refractivity contribution in [1.29, 1.82) is 10.5 Å². The minimum atomic E-state index is -0.902. The van der Waals surface area contributed by atoms with Crippen LogP contribution in [0.25, 0.3) is 6.08 Å². The van der Waals surface area contributed by atoms with Crippen LogP contribution in [0.1, 0.15) is 64.5 Å². The fourth-order valence-electron chi connectivity index (χ4n) is 4.59. The first-order chi connectivity index (χ1) is 17.9. The van der Waals surface area contributed by atoms with E-state index in [1.807, 2.05) is 49.4 Å². The number of allylic oxidation sites excluding steroid dienone is 2. The van der Waals surface area contributed by atoms with Gasteiger partial charge in [0, 0.05) is 36.0 Å². The normalized spacial score (nSPS) is 18.4. The molecule has 1 aliphatic rings. The van der Waals surface area contributed by atoms with Gasteiger partial charge in [-0.15, -0.1) is 0 Å².